The zero-order chi connectivity index (χ0) is 21.4. The zero-order valence-electron chi connectivity index (χ0n) is 17.7. The number of esters is 1. The molecule has 2 amide bonds. The predicted molar refractivity (Wildman–Crippen MR) is 109 cm³/mol. The fourth-order valence-corrected chi connectivity index (χ4v) is 3.60. The van der Waals surface area contributed by atoms with Crippen molar-refractivity contribution in [2.24, 2.45) is 5.92 Å². The Kier molecular flexibility index (Phi) is 8.49. The van der Waals surface area contributed by atoms with Crippen LogP contribution in [0.25, 0.3) is 0 Å². The molecule has 7 nitrogen and oxygen atoms in total. The molecule has 7 heteroatoms. The van der Waals surface area contributed by atoms with Crippen molar-refractivity contribution in [1.29, 1.82) is 0 Å². The average Bonchev–Trinajstić information content (AvgIpc) is 2.69. The van der Waals surface area contributed by atoms with Gasteiger partial charge in [-0.25, -0.2) is 9.59 Å². The Hall–Kier alpha value is -2.57. The van der Waals surface area contributed by atoms with Crippen LogP contribution in [0, 0.1) is 5.92 Å². The predicted octanol–water partition coefficient (Wildman–Crippen LogP) is 3.27. The number of hydrogen-bond acceptors (Lipinski definition) is 5. The van der Waals surface area contributed by atoms with Gasteiger partial charge in [-0.05, 0) is 44.6 Å². The number of nitrogens with zero attached hydrogens (tertiary/aromatic N) is 1. The summed E-state index contributed by atoms with van der Waals surface area (Å²) in [5.41, 5.74) is 0.849. The standard InChI is InChI=1S/C22H32N2O5/c1-15(2)20(23-22(27)29-13-18-11-6-5-7-12-18)21(26)28-14-19(25)24-16(3)9-8-10-17(24)4/h5-7,11-12,15-17,20H,8-10,13-14H2,1-4H3,(H,23,27)/t16-,17+,20-/m0/s1. The van der Waals surface area contributed by atoms with Crippen molar-refractivity contribution in [3.63, 3.8) is 0 Å². The van der Waals surface area contributed by atoms with Crippen LogP contribution >= 0.6 is 0 Å². The van der Waals surface area contributed by atoms with Gasteiger partial charge in [-0.2, -0.15) is 0 Å². The highest BCUT2D eigenvalue weighted by Gasteiger charge is 2.31. The first-order valence-corrected chi connectivity index (χ1v) is 10.2. The van der Waals surface area contributed by atoms with E-state index in [2.05, 4.69) is 5.32 Å². The number of benzene rings is 1. The Morgan fingerprint density at radius 2 is 1.69 bits per heavy atom. The van der Waals surface area contributed by atoms with E-state index in [4.69, 9.17) is 9.47 Å². The van der Waals surface area contributed by atoms with Crippen LogP contribution in [0.3, 0.4) is 0 Å². The van der Waals surface area contributed by atoms with E-state index in [0.717, 1.165) is 24.8 Å². The van der Waals surface area contributed by atoms with E-state index in [1.807, 2.05) is 44.2 Å². The Balaban J connectivity index is 1.85. The number of likely N-dealkylation sites (tertiary alicyclic amines) is 1. The molecule has 0 aliphatic carbocycles. The second-order valence-electron chi connectivity index (χ2n) is 7.97. The van der Waals surface area contributed by atoms with Gasteiger partial charge >= 0.3 is 12.1 Å². The minimum absolute atomic E-state index is 0.107. The number of hydrogen-bond donors (Lipinski definition) is 1. The minimum Gasteiger partial charge on any atom is -0.454 e. The molecule has 29 heavy (non-hydrogen) atoms. The maximum Gasteiger partial charge on any atom is 0.408 e. The molecule has 0 radical (unpaired) electrons. The number of ether oxygens (including phenoxy) is 2. The summed E-state index contributed by atoms with van der Waals surface area (Å²) < 4.78 is 10.4. The number of carbonyl (C=O) groups excluding carboxylic acids is 3. The van der Waals surface area contributed by atoms with Gasteiger partial charge in [-0.3, -0.25) is 4.79 Å². The van der Waals surface area contributed by atoms with Crippen LogP contribution in [0.2, 0.25) is 0 Å². The van der Waals surface area contributed by atoms with Crippen molar-refractivity contribution in [1.82, 2.24) is 10.2 Å². The van der Waals surface area contributed by atoms with E-state index >= 15 is 0 Å². The highest BCUT2D eigenvalue weighted by atomic mass is 16.6. The fourth-order valence-electron chi connectivity index (χ4n) is 3.60. The Bertz CT molecular complexity index is 682. The SMILES string of the molecule is CC(C)[C@H](NC(=O)OCc1ccccc1)C(=O)OCC(=O)N1[C@H](C)CCC[C@@H]1C. The number of carbonyl (C=O) groups is 3. The summed E-state index contributed by atoms with van der Waals surface area (Å²) in [6.07, 6.45) is 2.30. The van der Waals surface area contributed by atoms with Crippen LogP contribution in [-0.4, -0.2) is 47.6 Å². The van der Waals surface area contributed by atoms with Gasteiger partial charge < -0.3 is 19.7 Å². The van der Waals surface area contributed by atoms with Crippen molar-refractivity contribution in [2.45, 2.75) is 71.7 Å². The summed E-state index contributed by atoms with van der Waals surface area (Å²) in [4.78, 5) is 38.9. The van der Waals surface area contributed by atoms with Crippen LogP contribution < -0.4 is 5.32 Å². The molecule has 2 rings (SSSR count). The molecule has 1 aliphatic heterocycles. The van der Waals surface area contributed by atoms with Crippen LogP contribution in [0.1, 0.15) is 52.5 Å². The second-order valence-corrected chi connectivity index (χ2v) is 7.97. The van der Waals surface area contributed by atoms with E-state index in [0.29, 0.717) is 0 Å². The molecule has 0 spiro atoms. The average molecular weight is 405 g/mol. The highest BCUT2D eigenvalue weighted by Crippen LogP contribution is 2.22. The largest absolute Gasteiger partial charge is 0.454 e. The summed E-state index contributed by atoms with van der Waals surface area (Å²) in [5.74, 6) is -1.05. The highest BCUT2D eigenvalue weighted by molar-refractivity contribution is 5.85. The van der Waals surface area contributed by atoms with Gasteiger partial charge in [0, 0.05) is 12.1 Å². The molecule has 1 aliphatic rings. The number of piperidine rings is 1. The molecule has 160 valence electrons. The molecular formula is C22H32N2O5. The molecule has 0 bridgehead atoms. The fraction of sp³-hybridized carbons (Fsp3) is 0.591. The van der Waals surface area contributed by atoms with Crippen molar-refractivity contribution < 1.29 is 23.9 Å². The monoisotopic (exact) mass is 404 g/mol. The van der Waals surface area contributed by atoms with Crippen molar-refractivity contribution in [2.75, 3.05) is 6.61 Å². The van der Waals surface area contributed by atoms with Gasteiger partial charge in [0.1, 0.15) is 12.6 Å². The first-order chi connectivity index (χ1) is 13.8. The second kappa shape index (κ2) is 10.8. The lowest BCUT2D eigenvalue weighted by Gasteiger charge is -2.39. The molecule has 1 fully saturated rings. The molecular weight excluding hydrogens is 372 g/mol. The van der Waals surface area contributed by atoms with Crippen molar-refractivity contribution >= 4 is 18.0 Å². The van der Waals surface area contributed by atoms with Crippen molar-refractivity contribution in [3.05, 3.63) is 35.9 Å². The molecule has 1 aromatic carbocycles. The van der Waals surface area contributed by atoms with Crippen LogP contribution in [0.4, 0.5) is 4.79 Å². The lowest BCUT2D eigenvalue weighted by atomic mass is 9.97. The van der Waals surface area contributed by atoms with Gasteiger partial charge in [0.2, 0.25) is 0 Å². The Morgan fingerprint density at radius 3 is 2.28 bits per heavy atom. The van der Waals surface area contributed by atoms with E-state index in [9.17, 15) is 14.4 Å². The van der Waals surface area contributed by atoms with Crippen molar-refractivity contribution in [3.8, 4) is 0 Å². The summed E-state index contributed by atoms with van der Waals surface area (Å²) in [5, 5.41) is 2.55. The van der Waals surface area contributed by atoms with E-state index in [-0.39, 0.29) is 37.1 Å². The zero-order valence-corrected chi connectivity index (χ0v) is 17.7. The molecule has 0 unspecified atom stereocenters. The molecule has 1 heterocycles. The Morgan fingerprint density at radius 1 is 1.07 bits per heavy atom. The maximum absolute atomic E-state index is 12.5. The topological polar surface area (TPSA) is 84.9 Å². The number of nitrogens with one attached hydrogen (secondary N) is 1. The van der Waals surface area contributed by atoms with E-state index in [1.165, 1.54) is 0 Å². The first-order valence-electron chi connectivity index (χ1n) is 10.2. The maximum atomic E-state index is 12.5. The summed E-state index contributed by atoms with van der Waals surface area (Å²) >= 11 is 0. The number of alkyl carbamates (subject to hydrolysis) is 1. The lowest BCUT2D eigenvalue weighted by molar-refractivity contribution is -0.157. The van der Waals surface area contributed by atoms with Crippen LogP contribution in [-0.2, 0) is 25.7 Å². The van der Waals surface area contributed by atoms with Gasteiger partial charge in [-0.15, -0.1) is 0 Å². The third kappa shape index (κ3) is 6.76. The normalized spacial score (nSPS) is 20.1. The lowest BCUT2D eigenvalue weighted by Crippen LogP contribution is -2.50. The summed E-state index contributed by atoms with van der Waals surface area (Å²) in [6, 6.07) is 8.65. The summed E-state index contributed by atoms with van der Waals surface area (Å²) in [6.45, 7) is 7.39. The van der Waals surface area contributed by atoms with Gasteiger partial charge in [0.15, 0.2) is 6.61 Å². The minimum atomic E-state index is -0.887. The number of amides is 2. The molecule has 0 saturated carbocycles. The van der Waals surface area contributed by atoms with Gasteiger partial charge in [0.25, 0.3) is 5.91 Å². The smallest absolute Gasteiger partial charge is 0.408 e. The van der Waals surface area contributed by atoms with Gasteiger partial charge in [-0.1, -0.05) is 44.2 Å². The molecule has 1 N–H and O–H groups in total. The van der Waals surface area contributed by atoms with Gasteiger partial charge in [0.05, 0.1) is 0 Å². The third-order valence-electron chi connectivity index (χ3n) is 5.23. The third-order valence-corrected chi connectivity index (χ3v) is 5.23. The molecule has 0 aromatic heterocycles. The molecule has 1 saturated heterocycles. The molecule has 1 aromatic rings. The Labute approximate surface area is 172 Å². The van der Waals surface area contributed by atoms with Crippen LogP contribution in [0.15, 0.2) is 30.3 Å². The first kappa shape index (κ1) is 22.7. The quantitative estimate of drug-likeness (QED) is 0.705. The molecule has 3 atom stereocenters. The van der Waals surface area contributed by atoms with E-state index < -0.39 is 18.1 Å². The van der Waals surface area contributed by atoms with Crippen LogP contribution in [0.5, 0.6) is 0 Å². The summed E-state index contributed by atoms with van der Waals surface area (Å²) in [7, 11) is 0. The number of rotatable bonds is 7. The van der Waals surface area contributed by atoms with E-state index in [1.54, 1.807) is 18.7 Å².